The topological polar surface area (TPSA) is 69.0 Å². The minimum Gasteiger partial charge on any atom is -0.489 e. The predicted octanol–water partition coefficient (Wildman–Crippen LogP) is 3.00. The van der Waals surface area contributed by atoms with Crippen molar-refractivity contribution in [2.75, 3.05) is 0 Å². The molecule has 1 heterocycles. The fourth-order valence-electron chi connectivity index (χ4n) is 2.54. The van der Waals surface area contributed by atoms with Crippen molar-refractivity contribution in [3.8, 4) is 5.75 Å². The van der Waals surface area contributed by atoms with Gasteiger partial charge in [0.2, 0.25) is 0 Å². The van der Waals surface area contributed by atoms with Gasteiger partial charge in [-0.1, -0.05) is 39.8 Å². The number of amidine groups is 2. The van der Waals surface area contributed by atoms with Gasteiger partial charge in [0.15, 0.2) is 0 Å². The summed E-state index contributed by atoms with van der Waals surface area (Å²) in [5.41, 5.74) is 1.45. The largest absolute Gasteiger partial charge is 0.489 e. The second kappa shape index (κ2) is 5.03. The average Bonchev–Trinajstić information content (AvgIpc) is 2.62. The zero-order valence-corrected chi connectivity index (χ0v) is 11.9. The fourth-order valence-corrected chi connectivity index (χ4v) is 2.54. The van der Waals surface area contributed by atoms with Gasteiger partial charge in [0.25, 0.3) is 0 Å². The quantitative estimate of drug-likeness (QED) is 0.778. The Hall–Kier alpha value is -1.84. The summed E-state index contributed by atoms with van der Waals surface area (Å²) in [4.78, 5) is 0. The summed E-state index contributed by atoms with van der Waals surface area (Å²) in [5.74, 6) is 2.03. The van der Waals surface area contributed by atoms with Gasteiger partial charge in [-0.25, -0.2) is 0 Å². The summed E-state index contributed by atoms with van der Waals surface area (Å²) in [6.07, 6.45) is 0.106. The Morgan fingerprint density at radius 1 is 1.00 bits per heavy atom. The van der Waals surface area contributed by atoms with E-state index in [-0.39, 0.29) is 17.8 Å². The highest BCUT2D eigenvalue weighted by molar-refractivity contribution is 6.24. The highest BCUT2D eigenvalue weighted by Crippen LogP contribution is 2.29. The first-order valence-corrected chi connectivity index (χ1v) is 6.66. The number of fused-ring (bicyclic) bond motifs is 1. The van der Waals surface area contributed by atoms with Gasteiger partial charge in [-0.3, -0.25) is 10.8 Å². The molecule has 2 rings (SSSR count). The molecule has 0 saturated carbocycles. The third kappa shape index (κ3) is 2.48. The van der Waals surface area contributed by atoms with Crippen LogP contribution in [0.1, 0.15) is 38.8 Å². The first-order chi connectivity index (χ1) is 8.91. The summed E-state index contributed by atoms with van der Waals surface area (Å²) in [5, 5.41) is 18.5. The Morgan fingerprint density at radius 2 is 1.63 bits per heavy atom. The second-order valence-electron chi connectivity index (χ2n) is 5.62. The fraction of sp³-hybridized carbons (Fsp3) is 0.467. The first kappa shape index (κ1) is 13.6. The van der Waals surface area contributed by atoms with Crippen LogP contribution in [0.2, 0.25) is 0 Å². The van der Waals surface area contributed by atoms with Crippen LogP contribution in [0.25, 0.3) is 0 Å². The standard InChI is InChI=1S/C15H21N3O/c1-8(2)13(9(3)4)19-11-7-5-6-10-12(11)15(17)18-14(10)16/h5-9,13H,1-4H3,(H3,16,17,18). The molecule has 4 nitrogen and oxygen atoms in total. The Labute approximate surface area is 114 Å². The number of benzene rings is 1. The van der Waals surface area contributed by atoms with E-state index in [0.29, 0.717) is 23.1 Å². The molecule has 1 aromatic carbocycles. The average molecular weight is 259 g/mol. The van der Waals surface area contributed by atoms with Crippen LogP contribution in [0.5, 0.6) is 5.75 Å². The lowest BCUT2D eigenvalue weighted by atomic mass is 9.96. The zero-order valence-electron chi connectivity index (χ0n) is 11.9. The molecule has 4 heteroatoms. The van der Waals surface area contributed by atoms with Gasteiger partial charge in [-0.05, 0) is 17.9 Å². The van der Waals surface area contributed by atoms with E-state index in [9.17, 15) is 0 Å². The molecule has 1 aliphatic rings. The summed E-state index contributed by atoms with van der Waals surface area (Å²) in [7, 11) is 0. The van der Waals surface area contributed by atoms with Gasteiger partial charge in [-0.15, -0.1) is 0 Å². The number of rotatable bonds is 4. The maximum atomic E-state index is 7.93. The molecule has 0 fully saturated rings. The molecule has 0 atom stereocenters. The summed E-state index contributed by atoms with van der Waals surface area (Å²) >= 11 is 0. The summed E-state index contributed by atoms with van der Waals surface area (Å²) in [6.45, 7) is 8.55. The molecular formula is C15H21N3O. The van der Waals surface area contributed by atoms with E-state index in [0.717, 1.165) is 5.56 Å². The van der Waals surface area contributed by atoms with Crippen LogP contribution < -0.4 is 10.1 Å². The van der Waals surface area contributed by atoms with Crippen molar-refractivity contribution in [2.24, 2.45) is 11.8 Å². The van der Waals surface area contributed by atoms with Gasteiger partial charge in [0, 0.05) is 5.56 Å². The zero-order chi connectivity index (χ0) is 14.2. The van der Waals surface area contributed by atoms with Crippen LogP contribution >= 0.6 is 0 Å². The molecule has 19 heavy (non-hydrogen) atoms. The predicted molar refractivity (Wildman–Crippen MR) is 77.3 cm³/mol. The van der Waals surface area contributed by atoms with Gasteiger partial charge in [-0.2, -0.15) is 0 Å². The number of nitrogens with one attached hydrogen (secondary N) is 3. The molecule has 0 aliphatic carbocycles. The van der Waals surface area contributed by atoms with E-state index in [1.807, 2.05) is 18.2 Å². The van der Waals surface area contributed by atoms with E-state index < -0.39 is 0 Å². The third-order valence-corrected chi connectivity index (χ3v) is 3.37. The van der Waals surface area contributed by atoms with Crippen LogP contribution in [0.15, 0.2) is 18.2 Å². The minimum atomic E-state index is 0.106. The Balaban J connectivity index is 2.37. The lowest BCUT2D eigenvalue weighted by Gasteiger charge is -2.27. The van der Waals surface area contributed by atoms with E-state index >= 15 is 0 Å². The Bertz CT molecular complexity index is 512. The van der Waals surface area contributed by atoms with Crippen molar-refractivity contribution >= 4 is 11.7 Å². The van der Waals surface area contributed by atoms with Gasteiger partial charge < -0.3 is 10.1 Å². The lowest BCUT2D eigenvalue weighted by Crippen LogP contribution is -2.29. The summed E-state index contributed by atoms with van der Waals surface area (Å²) < 4.78 is 6.12. The highest BCUT2D eigenvalue weighted by Gasteiger charge is 2.27. The SMILES string of the molecule is CC(C)C(Oc1cccc2c1C(=N)NC2=N)C(C)C. The normalized spacial score (nSPS) is 14.3. The molecule has 0 bridgehead atoms. The van der Waals surface area contributed by atoms with Crippen molar-refractivity contribution in [1.29, 1.82) is 10.8 Å². The van der Waals surface area contributed by atoms with Crippen LogP contribution in [0, 0.1) is 22.7 Å². The molecule has 0 amide bonds. The highest BCUT2D eigenvalue weighted by atomic mass is 16.5. The molecule has 3 N–H and O–H groups in total. The van der Waals surface area contributed by atoms with Gasteiger partial charge >= 0.3 is 0 Å². The molecule has 102 valence electrons. The van der Waals surface area contributed by atoms with E-state index in [2.05, 4.69) is 33.0 Å². The van der Waals surface area contributed by atoms with Crippen molar-refractivity contribution in [1.82, 2.24) is 5.32 Å². The van der Waals surface area contributed by atoms with Crippen molar-refractivity contribution in [2.45, 2.75) is 33.8 Å². The Morgan fingerprint density at radius 3 is 2.21 bits per heavy atom. The van der Waals surface area contributed by atoms with Crippen molar-refractivity contribution in [3.05, 3.63) is 29.3 Å². The molecule has 0 radical (unpaired) electrons. The number of ether oxygens (including phenoxy) is 1. The third-order valence-electron chi connectivity index (χ3n) is 3.37. The lowest BCUT2D eigenvalue weighted by molar-refractivity contribution is 0.105. The van der Waals surface area contributed by atoms with Crippen LogP contribution in [0.4, 0.5) is 0 Å². The van der Waals surface area contributed by atoms with Crippen LogP contribution in [-0.2, 0) is 0 Å². The molecule has 0 saturated heterocycles. The van der Waals surface area contributed by atoms with E-state index in [1.54, 1.807) is 0 Å². The van der Waals surface area contributed by atoms with Crippen LogP contribution in [0.3, 0.4) is 0 Å². The molecule has 0 unspecified atom stereocenters. The van der Waals surface area contributed by atoms with Crippen LogP contribution in [-0.4, -0.2) is 17.8 Å². The molecule has 0 aromatic heterocycles. The van der Waals surface area contributed by atoms with Crippen molar-refractivity contribution in [3.63, 3.8) is 0 Å². The van der Waals surface area contributed by atoms with Gasteiger partial charge in [0.1, 0.15) is 23.5 Å². The molecular weight excluding hydrogens is 238 g/mol. The monoisotopic (exact) mass is 259 g/mol. The van der Waals surface area contributed by atoms with Gasteiger partial charge in [0.05, 0.1) is 5.56 Å². The number of hydrogen-bond acceptors (Lipinski definition) is 3. The summed E-state index contributed by atoms with van der Waals surface area (Å²) in [6, 6.07) is 5.60. The van der Waals surface area contributed by atoms with Crippen molar-refractivity contribution < 1.29 is 4.74 Å². The Kier molecular flexibility index (Phi) is 3.60. The molecule has 1 aliphatic heterocycles. The smallest absolute Gasteiger partial charge is 0.135 e. The maximum absolute atomic E-state index is 7.93. The molecule has 0 spiro atoms. The minimum absolute atomic E-state index is 0.106. The maximum Gasteiger partial charge on any atom is 0.135 e. The first-order valence-electron chi connectivity index (χ1n) is 6.66. The molecule has 1 aromatic rings. The van der Waals surface area contributed by atoms with E-state index in [4.69, 9.17) is 15.6 Å². The second-order valence-corrected chi connectivity index (χ2v) is 5.62. The number of hydrogen-bond donors (Lipinski definition) is 3. The van der Waals surface area contributed by atoms with E-state index in [1.165, 1.54) is 0 Å².